The summed E-state index contributed by atoms with van der Waals surface area (Å²) in [5, 5.41) is 0.573. The molecule has 5 heteroatoms. The Bertz CT molecular complexity index is 599. The second-order valence-corrected chi connectivity index (χ2v) is 5.08. The quantitative estimate of drug-likeness (QED) is 0.764. The van der Waals surface area contributed by atoms with Crippen LogP contribution in [0.3, 0.4) is 0 Å². The predicted molar refractivity (Wildman–Crippen MR) is 75.4 cm³/mol. The largest absolute Gasteiger partial charge is 0.484 e. The third-order valence-electron chi connectivity index (χ3n) is 2.42. The Morgan fingerprint density at radius 1 is 1.21 bits per heavy atom. The molecule has 0 atom stereocenters. The summed E-state index contributed by atoms with van der Waals surface area (Å²) in [6.07, 6.45) is 0. The van der Waals surface area contributed by atoms with E-state index in [0.717, 1.165) is 0 Å². The summed E-state index contributed by atoms with van der Waals surface area (Å²) in [7, 11) is 0. The molecule has 0 saturated heterocycles. The van der Waals surface area contributed by atoms with Gasteiger partial charge in [-0.2, -0.15) is 0 Å². The molecule has 0 spiro atoms. The summed E-state index contributed by atoms with van der Waals surface area (Å²) in [6.45, 7) is -0.119. The second kappa shape index (κ2) is 6.17. The fourth-order valence-corrected chi connectivity index (χ4v) is 2.25. The zero-order valence-electron chi connectivity index (χ0n) is 9.70. The Kier molecular flexibility index (Phi) is 4.56. The van der Waals surface area contributed by atoms with Crippen LogP contribution in [0.25, 0.3) is 0 Å². The van der Waals surface area contributed by atoms with Crippen molar-refractivity contribution in [2.24, 2.45) is 0 Å². The molecule has 0 aromatic heterocycles. The first kappa shape index (κ1) is 14.0. The molecule has 19 heavy (non-hydrogen) atoms. The maximum Gasteiger partial charge on any atom is 0.200 e. The van der Waals surface area contributed by atoms with Crippen LogP contribution in [0.5, 0.6) is 5.75 Å². The van der Waals surface area contributed by atoms with Gasteiger partial charge in [0, 0.05) is 10.6 Å². The SMILES string of the molecule is O=C(COc1ccc(Cl)cc1Br)c1ccc(F)cc1. The van der Waals surface area contributed by atoms with Crippen LogP contribution >= 0.6 is 27.5 Å². The van der Waals surface area contributed by atoms with Crippen LogP contribution in [0.1, 0.15) is 10.4 Å². The van der Waals surface area contributed by atoms with E-state index in [-0.39, 0.29) is 18.2 Å². The van der Waals surface area contributed by atoms with Crippen LogP contribution in [0.15, 0.2) is 46.9 Å². The fraction of sp³-hybridized carbons (Fsp3) is 0.0714. The Morgan fingerprint density at radius 3 is 2.53 bits per heavy atom. The minimum absolute atomic E-state index is 0.119. The van der Waals surface area contributed by atoms with Gasteiger partial charge >= 0.3 is 0 Å². The molecule has 2 nitrogen and oxygen atoms in total. The number of halogens is 3. The summed E-state index contributed by atoms with van der Waals surface area (Å²) in [6, 6.07) is 10.4. The Balaban J connectivity index is 2.02. The summed E-state index contributed by atoms with van der Waals surface area (Å²) in [5.74, 6) is -0.0698. The molecule has 0 aliphatic heterocycles. The van der Waals surface area contributed by atoms with Gasteiger partial charge in [-0.05, 0) is 58.4 Å². The smallest absolute Gasteiger partial charge is 0.200 e. The zero-order chi connectivity index (χ0) is 13.8. The number of rotatable bonds is 4. The third kappa shape index (κ3) is 3.78. The lowest BCUT2D eigenvalue weighted by Crippen LogP contribution is -2.11. The first-order valence-electron chi connectivity index (χ1n) is 5.43. The fourth-order valence-electron chi connectivity index (χ4n) is 1.45. The van der Waals surface area contributed by atoms with Gasteiger partial charge in [-0.25, -0.2) is 4.39 Å². The Hall–Kier alpha value is -1.39. The average Bonchev–Trinajstić information content (AvgIpc) is 2.38. The summed E-state index contributed by atoms with van der Waals surface area (Å²) < 4.78 is 18.8. The molecular formula is C14H9BrClFO2. The molecular weight excluding hydrogens is 335 g/mol. The molecule has 0 amide bonds. The lowest BCUT2D eigenvalue weighted by molar-refractivity contribution is 0.0921. The molecule has 0 fully saturated rings. The Labute approximate surface area is 123 Å². The summed E-state index contributed by atoms with van der Waals surface area (Å²) in [5.41, 5.74) is 0.409. The first-order chi connectivity index (χ1) is 9.06. The maximum absolute atomic E-state index is 12.7. The maximum atomic E-state index is 12.7. The van der Waals surface area contributed by atoms with Crippen molar-refractivity contribution in [2.75, 3.05) is 6.61 Å². The van der Waals surface area contributed by atoms with Gasteiger partial charge in [-0.3, -0.25) is 4.79 Å². The monoisotopic (exact) mass is 342 g/mol. The molecule has 0 saturated carbocycles. The molecule has 0 aliphatic rings. The van der Waals surface area contributed by atoms with Gasteiger partial charge in [-0.1, -0.05) is 11.6 Å². The molecule has 0 aliphatic carbocycles. The van der Waals surface area contributed by atoms with Crippen molar-refractivity contribution in [1.29, 1.82) is 0 Å². The van der Waals surface area contributed by atoms with Crippen molar-refractivity contribution < 1.29 is 13.9 Å². The first-order valence-corrected chi connectivity index (χ1v) is 6.60. The van der Waals surface area contributed by atoms with Gasteiger partial charge in [0.25, 0.3) is 0 Å². The molecule has 0 unspecified atom stereocenters. The van der Waals surface area contributed by atoms with Gasteiger partial charge in [0.2, 0.25) is 0 Å². The van der Waals surface area contributed by atoms with Gasteiger partial charge in [-0.15, -0.1) is 0 Å². The molecule has 0 heterocycles. The minimum atomic E-state index is -0.377. The predicted octanol–water partition coefficient (Wildman–Crippen LogP) is 4.50. The van der Waals surface area contributed by atoms with Crippen LogP contribution in [-0.2, 0) is 0 Å². The molecule has 0 bridgehead atoms. The van der Waals surface area contributed by atoms with E-state index in [4.69, 9.17) is 16.3 Å². The second-order valence-electron chi connectivity index (χ2n) is 3.79. The van der Waals surface area contributed by atoms with E-state index in [0.29, 0.717) is 20.8 Å². The summed E-state index contributed by atoms with van der Waals surface area (Å²) >= 11 is 9.10. The standard InChI is InChI=1S/C14H9BrClFO2/c15-12-7-10(16)3-6-14(12)19-8-13(18)9-1-4-11(17)5-2-9/h1-7H,8H2. The van der Waals surface area contributed by atoms with Crippen molar-refractivity contribution in [2.45, 2.75) is 0 Å². The highest BCUT2D eigenvalue weighted by Gasteiger charge is 2.08. The van der Waals surface area contributed by atoms with Crippen LogP contribution in [0.2, 0.25) is 5.02 Å². The van der Waals surface area contributed by atoms with E-state index in [1.165, 1.54) is 24.3 Å². The number of ether oxygens (including phenoxy) is 1. The van der Waals surface area contributed by atoms with Crippen LogP contribution < -0.4 is 4.74 Å². The number of Topliss-reactive ketones (excluding diaryl/α,β-unsaturated/α-hetero) is 1. The zero-order valence-corrected chi connectivity index (χ0v) is 12.0. The number of hydrogen-bond acceptors (Lipinski definition) is 2. The summed E-state index contributed by atoms with van der Waals surface area (Å²) in [4.78, 5) is 11.8. The number of carbonyl (C=O) groups excluding carboxylic acids is 1. The lowest BCUT2D eigenvalue weighted by Gasteiger charge is -2.07. The van der Waals surface area contributed by atoms with E-state index < -0.39 is 0 Å². The lowest BCUT2D eigenvalue weighted by atomic mass is 10.1. The van der Waals surface area contributed by atoms with Gasteiger partial charge in [0.1, 0.15) is 11.6 Å². The number of carbonyl (C=O) groups is 1. The third-order valence-corrected chi connectivity index (χ3v) is 3.27. The van der Waals surface area contributed by atoms with Gasteiger partial charge in [0.05, 0.1) is 4.47 Å². The number of benzene rings is 2. The highest BCUT2D eigenvalue weighted by Crippen LogP contribution is 2.28. The van der Waals surface area contributed by atoms with E-state index in [1.807, 2.05) is 0 Å². The molecule has 98 valence electrons. The van der Waals surface area contributed by atoms with E-state index in [1.54, 1.807) is 18.2 Å². The molecule has 0 radical (unpaired) electrons. The molecule has 2 rings (SSSR count). The van der Waals surface area contributed by atoms with Crippen LogP contribution in [0.4, 0.5) is 4.39 Å². The van der Waals surface area contributed by atoms with E-state index in [2.05, 4.69) is 15.9 Å². The van der Waals surface area contributed by atoms with Crippen molar-refractivity contribution in [3.05, 3.63) is 63.3 Å². The van der Waals surface area contributed by atoms with E-state index >= 15 is 0 Å². The van der Waals surface area contributed by atoms with Gasteiger partial charge < -0.3 is 4.74 Å². The topological polar surface area (TPSA) is 26.3 Å². The molecule has 2 aromatic rings. The average molecular weight is 344 g/mol. The van der Waals surface area contributed by atoms with E-state index in [9.17, 15) is 9.18 Å². The van der Waals surface area contributed by atoms with Crippen LogP contribution in [-0.4, -0.2) is 12.4 Å². The molecule has 2 aromatic carbocycles. The number of ketones is 1. The van der Waals surface area contributed by atoms with Crippen molar-refractivity contribution >= 4 is 33.3 Å². The van der Waals surface area contributed by atoms with Crippen LogP contribution in [0, 0.1) is 5.82 Å². The number of hydrogen-bond donors (Lipinski definition) is 0. The molecule has 0 N–H and O–H groups in total. The highest BCUT2D eigenvalue weighted by atomic mass is 79.9. The van der Waals surface area contributed by atoms with Crippen molar-refractivity contribution in [1.82, 2.24) is 0 Å². The minimum Gasteiger partial charge on any atom is -0.484 e. The Morgan fingerprint density at radius 2 is 1.89 bits per heavy atom. The highest BCUT2D eigenvalue weighted by molar-refractivity contribution is 9.10. The normalized spacial score (nSPS) is 10.3. The van der Waals surface area contributed by atoms with Crippen molar-refractivity contribution in [3.8, 4) is 5.75 Å². The van der Waals surface area contributed by atoms with Gasteiger partial charge in [0.15, 0.2) is 12.4 Å². The van der Waals surface area contributed by atoms with Crippen molar-refractivity contribution in [3.63, 3.8) is 0 Å².